The summed E-state index contributed by atoms with van der Waals surface area (Å²) in [6.07, 6.45) is 5.05. The lowest BCUT2D eigenvalue weighted by Gasteiger charge is -2.32. The van der Waals surface area contributed by atoms with Gasteiger partial charge in [0.15, 0.2) is 0 Å². The zero-order valence-electron chi connectivity index (χ0n) is 26.3. The largest absolute Gasteiger partial charge is 0.347 e. The first-order valence-electron chi connectivity index (χ1n) is 15.0. The van der Waals surface area contributed by atoms with Gasteiger partial charge in [-0.1, -0.05) is 57.8 Å². The quantitative estimate of drug-likeness (QED) is 0.233. The number of carbonyl (C=O) groups is 6. The normalized spacial score (nSPS) is 18.0. The van der Waals surface area contributed by atoms with Crippen LogP contribution in [0.25, 0.3) is 0 Å². The maximum Gasteiger partial charge on any atom is 0.272 e. The van der Waals surface area contributed by atoms with Crippen LogP contribution >= 0.6 is 23.2 Å². The molecule has 1 aromatic carbocycles. The van der Waals surface area contributed by atoms with Crippen molar-refractivity contribution in [1.82, 2.24) is 36.1 Å². The van der Waals surface area contributed by atoms with E-state index in [1.165, 1.54) is 41.7 Å². The Balaban J connectivity index is 1.83. The van der Waals surface area contributed by atoms with E-state index in [1.807, 2.05) is 0 Å². The minimum Gasteiger partial charge on any atom is -0.347 e. The first-order valence-corrected chi connectivity index (χ1v) is 15.7. The molecular formula is C31H39Cl2N7O6. The average molecular weight is 677 g/mol. The lowest BCUT2D eigenvalue weighted by atomic mass is 9.98. The van der Waals surface area contributed by atoms with Gasteiger partial charge in [0.05, 0.1) is 22.3 Å². The highest BCUT2D eigenvalue weighted by Crippen LogP contribution is 2.25. The summed E-state index contributed by atoms with van der Waals surface area (Å²) >= 11 is 12.1. The SMILES string of the molecule is CC[C@@H](C=O)NC(=O)[C@@H]1C[C@@H](NC(=O)c2ccc(Cl)c(Cl)c2)CN1C(=O)[C@@H](NC(=O)[C@@H](NC(=O)c1cnccn1)C(C)C)C(C)C. The third kappa shape index (κ3) is 9.23. The van der Waals surface area contributed by atoms with E-state index in [0.717, 1.165) is 0 Å². The van der Waals surface area contributed by atoms with Gasteiger partial charge in [-0.2, -0.15) is 0 Å². The lowest BCUT2D eigenvalue weighted by molar-refractivity contribution is -0.143. The Hall–Kier alpha value is -4.10. The summed E-state index contributed by atoms with van der Waals surface area (Å²) in [6, 6.07) is -0.158. The minimum atomic E-state index is -1.09. The number of hydrogen-bond acceptors (Lipinski definition) is 8. The monoisotopic (exact) mass is 675 g/mol. The molecular weight excluding hydrogens is 637 g/mol. The summed E-state index contributed by atoms with van der Waals surface area (Å²) in [7, 11) is 0. The summed E-state index contributed by atoms with van der Waals surface area (Å²) in [5, 5.41) is 11.4. The molecule has 0 unspecified atom stereocenters. The smallest absolute Gasteiger partial charge is 0.272 e. The molecule has 2 aromatic rings. The minimum absolute atomic E-state index is 0.0259. The topological polar surface area (TPSA) is 180 Å². The number of benzene rings is 1. The average Bonchev–Trinajstić information content (AvgIpc) is 3.45. The molecule has 5 atom stereocenters. The Labute approximate surface area is 277 Å². The van der Waals surface area contributed by atoms with Crippen LogP contribution in [-0.4, -0.2) is 87.4 Å². The van der Waals surface area contributed by atoms with Gasteiger partial charge < -0.3 is 31.0 Å². The number of nitrogens with zero attached hydrogens (tertiary/aromatic N) is 3. The standard InChI is InChI=1S/C31H39Cl2N7O6/c1-6-19(15-41)36-29(44)24-12-20(37-27(42)18-7-8-21(32)22(33)11-18)14-40(24)31(46)26(17(4)5)39-30(45)25(16(2)3)38-28(43)23-13-34-9-10-35-23/h7-11,13,15-17,19-20,24-26H,6,12,14H2,1-5H3,(H,36,44)(H,37,42)(H,38,43)(H,39,45)/t19-,20+,24-,25-,26-/m0/s1. The van der Waals surface area contributed by atoms with Gasteiger partial charge in [0.25, 0.3) is 11.8 Å². The highest BCUT2D eigenvalue weighted by molar-refractivity contribution is 6.42. The lowest BCUT2D eigenvalue weighted by Crippen LogP contribution is -2.59. The number of aldehydes is 1. The fourth-order valence-corrected chi connectivity index (χ4v) is 5.25. The number of carbonyl (C=O) groups excluding carboxylic acids is 6. The molecule has 1 aliphatic heterocycles. The molecule has 1 fully saturated rings. The van der Waals surface area contributed by atoms with Crippen molar-refractivity contribution >= 4 is 59.0 Å². The highest BCUT2D eigenvalue weighted by Gasteiger charge is 2.44. The molecule has 2 heterocycles. The molecule has 0 spiro atoms. The van der Waals surface area contributed by atoms with E-state index in [2.05, 4.69) is 31.2 Å². The van der Waals surface area contributed by atoms with Crippen LogP contribution in [0, 0.1) is 11.8 Å². The molecule has 15 heteroatoms. The first-order chi connectivity index (χ1) is 21.8. The second-order valence-electron chi connectivity index (χ2n) is 11.7. The van der Waals surface area contributed by atoms with Crippen molar-refractivity contribution in [1.29, 1.82) is 0 Å². The van der Waals surface area contributed by atoms with E-state index in [9.17, 15) is 28.8 Å². The fraction of sp³-hybridized carbons (Fsp3) is 0.484. The van der Waals surface area contributed by atoms with Crippen molar-refractivity contribution in [3.8, 4) is 0 Å². The molecule has 0 aliphatic carbocycles. The molecule has 5 amide bonds. The second kappa shape index (κ2) is 16.5. The van der Waals surface area contributed by atoms with Crippen molar-refractivity contribution in [3.05, 3.63) is 58.1 Å². The van der Waals surface area contributed by atoms with E-state index in [0.29, 0.717) is 12.7 Å². The highest BCUT2D eigenvalue weighted by atomic mass is 35.5. The number of aromatic nitrogens is 2. The Morgan fingerprint density at radius 3 is 2.22 bits per heavy atom. The van der Waals surface area contributed by atoms with Gasteiger partial charge >= 0.3 is 0 Å². The van der Waals surface area contributed by atoms with E-state index >= 15 is 0 Å². The predicted octanol–water partition coefficient (Wildman–Crippen LogP) is 2.17. The van der Waals surface area contributed by atoms with Crippen LogP contribution in [0.15, 0.2) is 36.8 Å². The Morgan fingerprint density at radius 1 is 0.957 bits per heavy atom. The van der Waals surface area contributed by atoms with Gasteiger partial charge in [-0.15, -0.1) is 0 Å². The molecule has 1 saturated heterocycles. The van der Waals surface area contributed by atoms with Crippen LogP contribution in [0.1, 0.15) is 68.3 Å². The summed E-state index contributed by atoms with van der Waals surface area (Å²) in [5.74, 6) is -3.59. The molecule has 0 radical (unpaired) electrons. The van der Waals surface area contributed by atoms with Gasteiger partial charge in [0.1, 0.15) is 30.1 Å². The van der Waals surface area contributed by atoms with Gasteiger partial charge in [-0.3, -0.25) is 29.0 Å². The van der Waals surface area contributed by atoms with Crippen molar-refractivity contribution in [2.45, 2.75) is 77.7 Å². The fourth-order valence-electron chi connectivity index (χ4n) is 4.95. The summed E-state index contributed by atoms with van der Waals surface area (Å²) in [5.41, 5.74) is 0.265. The Kier molecular flexibility index (Phi) is 13.0. The van der Waals surface area contributed by atoms with Gasteiger partial charge in [-0.25, -0.2) is 4.98 Å². The van der Waals surface area contributed by atoms with Crippen molar-refractivity contribution in [2.24, 2.45) is 11.8 Å². The van der Waals surface area contributed by atoms with Gasteiger partial charge in [0, 0.05) is 30.5 Å². The Bertz CT molecular complexity index is 1440. The maximum absolute atomic E-state index is 14.1. The van der Waals surface area contributed by atoms with Crippen molar-refractivity contribution in [3.63, 3.8) is 0 Å². The molecule has 4 N–H and O–H groups in total. The maximum atomic E-state index is 14.1. The molecule has 248 valence electrons. The number of amides is 5. The summed E-state index contributed by atoms with van der Waals surface area (Å²) in [4.78, 5) is 87.4. The van der Waals surface area contributed by atoms with E-state index in [-0.39, 0.29) is 40.2 Å². The van der Waals surface area contributed by atoms with Gasteiger partial charge in [-0.05, 0) is 42.9 Å². The molecule has 1 aromatic heterocycles. The molecule has 3 rings (SSSR count). The van der Waals surface area contributed by atoms with Crippen molar-refractivity contribution in [2.75, 3.05) is 6.54 Å². The van der Waals surface area contributed by atoms with E-state index in [4.69, 9.17) is 23.2 Å². The van der Waals surface area contributed by atoms with Crippen LogP contribution in [0.4, 0.5) is 0 Å². The molecule has 13 nitrogen and oxygen atoms in total. The zero-order valence-corrected chi connectivity index (χ0v) is 27.8. The van der Waals surface area contributed by atoms with E-state index in [1.54, 1.807) is 34.6 Å². The molecule has 1 aliphatic rings. The van der Waals surface area contributed by atoms with E-state index < -0.39 is 65.7 Å². The van der Waals surface area contributed by atoms with Crippen LogP contribution in [0.5, 0.6) is 0 Å². The Morgan fingerprint density at radius 2 is 1.65 bits per heavy atom. The second-order valence-corrected chi connectivity index (χ2v) is 12.5. The number of halogens is 2. The summed E-state index contributed by atoms with van der Waals surface area (Å²) < 4.78 is 0. The molecule has 0 saturated carbocycles. The van der Waals surface area contributed by atoms with Crippen molar-refractivity contribution < 1.29 is 28.8 Å². The van der Waals surface area contributed by atoms with Crippen LogP contribution in [-0.2, 0) is 19.2 Å². The van der Waals surface area contributed by atoms with Crippen LogP contribution < -0.4 is 21.3 Å². The third-order valence-electron chi connectivity index (χ3n) is 7.60. The summed E-state index contributed by atoms with van der Waals surface area (Å²) in [6.45, 7) is 8.64. The number of hydrogen-bond donors (Lipinski definition) is 4. The zero-order chi connectivity index (χ0) is 34.1. The predicted molar refractivity (Wildman–Crippen MR) is 171 cm³/mol. The van der Waals surface area contributed by atoms with Gasteiger partial charge in [0.2, 0.25) is 17.7 Å². The van der Waals surface area contributed by atoms with Crippen LogP contribution in [0.2, 0.25) is 10.0 Å². The third-order valence-corrected chi connectivity index (χ3v) is 8.34. The number of likely N-dealkylation sites (tertiary alicyclic amines) is 1. The first kappa shape index (κ1) is 36.4. The molecule has 46 heavy (non-hydrogen) atoms. The number of rotatable bonds is 13. The van der Waals surface area contributed by atoms with Crippen LogP contribution in [0.3, 0.4) is 0 Å². The molecule has 0 bridgehead atoms. The number of nitrogens with one attached hydrogen (secondary N) is 4.